The highest BCUT2D eigenvalue weighted by atomic mass is 16.1. The van der Waals surface area contributed by atoms with E-state index < -0.39 is 0 Å². The molecule has 0 spiro atoms. The van der Waals surface area contributed by atoms with Gasteiger partial charge in [0.15, 0.2) is 5.78 Å². The highest BCUT2D eigenvalue weighted by Gasteiger charge is 2.13. The van der Waals surface area contributed by atoms with E-state index in [1.807, 2.05) is 6.08 Å². The molecular weight excluding hydrogens is 136 g/mol. The first kappa shape index (κ1) is 8.51. The SMILES string of the molecule is CCC(C)CC1=CC(=O)CC1. The van der Waals surface area contributed by atoms with Gasteiger partial charge in [0.1, 0.15) is 0 Å². The second-order valence-electron chi connectivity index (χ2n) is 3.49. The molecular formula is C10H16O. The molecule has 0 fully saturated rings. The van der Waals surface area contributed by atoms with Crippen molar-refractivity contribution in [2.75, 3.05) is 0 Å². The van der Waals surface area contributed by atoms with Gasteiger partial charge < -0.3 is 0 Å². The van der Waals surface area contributed by atoms with E-state index in [1.165, 1.54) is 12.0 Å². The molecule has 0 aromatic heterocycles. The highest BCUT2D eigenvalue weighted by Crippen LogP contribution is 2.23. The molecule has 1 atom stereocenters. The molecule has 1 rings (SSSR count). The van der Waals surface area contributed by atoms with Crippen molar-refractivity contribution in [2.24, 2.45) is 5.92 Å². The maximum Gasteiger partial charge on any atom is 0.155 e. The van der Waals surface area contributed by atoms with E-state index in [-0.39, 0.29) is 0 Å². The summed E-state index contributed by atoms with van der Waals surface area (Å²) in [5.74, 6) is 1.07. The molecule has 11 heavy (non-hydrogen) atoms. The zero-order chi connectivity index (χ0) is 8.27. The third-order valence-electron chi connectivity index (χ3n) is 2.37. The van der Waals surface area contributed by atoms with Crippen LogP contribution >= 0.6 is 0 Å². The Kier molecular flexibility index (Phi) is 2.86. The van der Waals surface area contributed by atoms with Gasteiger partial charge in [-0.05, 0) is 24.8 Å². The molecule has 1 heteroatoms. The van der Waals surface area contributed by atoms with Gasteiger partial charge >= 0.3 is 0 Å². The van der Waals surface area contributed by atoms with Gasteiger partial charge in [-0.15, -0.1) is 0 Å². The number of hydrogen-bond donors (Lipinski definition) is 0. The standard InChI is InChI=1S/C10H16O/c1-3-8(2)6-9-4-5-10(11)7-9/h7-8H,3-6H2,1-2H3. The average molecular weight is 152 g/mol. The van der Waals surface area contributed by atoms with E-state index >= 15 is 0 Å². The molecule has 0 aliphatic heterocycles. The molecule has 1 aliphatic carbocycles. The van der Waals surface area contributed by atoms with Gasteiger partial charge in [-0.2, -0.15) is 0 Å². The molecule has 0 heterocycles. The Morgan fingerprint density at radius 2 is 2.27 bits per heavy atom. The average Bonchev–Trinajstić information content (AvgIpc) is 2.35. The Morgan fingerprint density at radius 1 is 1.55 bits per heavy atom. The Labute approximate surface area is 68.5 Å². The van der Waals surface area contributed by atoms with Crippen LogP contribution in [0, 0.1) is 5.92 Å². The summed E-state index contributed by atoms with van der Waals surface area (Å²) in [5.41, 5.74) is 1.37. The van der Waals surface area contributed by atoms with Gasteiger partial charge in [0.2, 0.25) is 0 Å². The Hall–Kier alpha value is -0.590. The predicted molar refractivity (Wildman–Crippen MR) is 46.4 cm³/mol. The quantitative estimate of drug-likeness (QED) is 0.607. The Morgan fingerprint density at radius 3 is 2.73 bits per heavy atom. The number of rotatable bonds is 3. The first-order chi connectivity index (χ1) is 5.22. The normalized spacial score (nSPS) is 20.2. The summed E-state index contributed by atoms with van der Waals surface area (Å²) < 4.78 is 0. The van der Waals surface area contributed by atoms with Crippen molar-refractivity contribution in [1.29, 1.82) is 0 Å². The van der Waals surface area contributed by atoms with Crippen molar-refractivity contribution >= 4 is 5.78 Å². The molecule has 1 unspecified atom stereocenters. The van der Waals surface area contributed by atoms with Crippen molar-refractivity contribution in [3.8, 4) is 0 Å². The maximum absolute atomic E-state index is 10.8. The topological polar surface area (TPSA) is 17.1 Å². The van der Waals surface area contributed by atoms with E-state index in [9.17, 15) is 4.79 Å². The molecule has 1 aliphatic rings. The fourth-order valence-electron chi connectivity index (χ4n) is 1.41. The molecule has 0 amide bonds. The van der Waals surface area contributed by atoms with Gasteiger partial charge in [0, 0.05) is 6.42 Å². The van der Waals surface area contributed by atoms with E-state index in [1.54, 1.807) is 0 Å². The number of carbonyl (C=O) groups excluding carboxylic acids is 1. The van der Waals surface area contributed by atoms with Crippen molar-refractivity contribution < 1.29 is 4.79 Å². The van der Waals surface area contributed by atoms with Crippen LogP contribution < -0.4 is 0 Å². The summed E-state index contributed by atoms with van der Waals surface area (Å²) in [6, 6.07) is 0. The molecule has 0 radical (unpaired) electrons. The van der Waals surface area contributed by atoms with Gasteiger partial charge in [-0.1, -0.05) is 25.8 Å². The van der Waals surface area contributed by atoms with Crippen LogP contribution in [0.15, 0.2) is 11.6 Å². The molecule has 0 bridgehead atoms. The zero-order valence-electron chi connectivity index (χ0n) is 7.39. The molecule has 1 nitrogen and oxygen atoms in total. The first-order valence-electron chi connectivity index (χ1n) is 4.44. The largest absolute Gasteiger partial charge is 0.295 e. The van der Waals surface area contributed by atoms with E-state index in [2.05, 4.69) is 13.8 Å². The second-order valence-corrected chi connectivity index (χ2v) is 3.49. The van der Waals surface area contributed by atoms with Crippen molar-refractivity contribution in [2.45, 2.75) is 39.5 Å². The van der Waals surface area contributed by atoms with Crippen molar-refractivity contribution in [3.63, 3.8) is 0 Å². The number of ketones is 1. The minimum atomic E-state index is 0.323. The second kappa shape index (κ2) is 3.70. The van der Waals surface area contributed by atoms with Gasteiger partial charge in [0.05, 0.1) is 0 Å². The fourth-order valence-corrected chi connectivity index (χ4v) is 1.41. The smallest absolute Gasteiger partial charge is 0.155 e. The molecule has 0 saturated heterocycles. The lowest BCUT2D eigenvalue weighted by molar-refractivity contribution is -0.114. The van der Waals surface area contributed by atoms with Crippen LogP contribution in [0.3, 0.4) is 0 Å². The summed E-state index contributed by atoms with van der Waals surface area (Å²) in [6.45, 7) is 4.44. The van der Waals surface area contributed by atoms with Crippen LogP contribution in [0.1, 0.15) is 39.5 Å². The maximum atomic E-state index is 10.8. The summed E-state index contributed by atoms with van der Waals surface area (Å²) in [6.07, 6.45) is 5.95. The summed E-state index contributed by atoms with van der Waals surface area (Å²) in [5, 5.41) is 0. The summed E-state index contributed by atoms with van der Waals surface area (Å²) in [7, 11) is 0. The lowest BCUT2D eigenvalue weighted by Gasteiger charge is -2.07. The van der Waals surface area contributed by atoms with Crippen molar-refractivity contribution in [1.82, 2.24) is 0 Å². The Bertz CT molecular complexity index is 179. The number of carbonyl (C=O) groups is 1. The molecule has 62 valence electrons. The predicted octanol–water partition coefficient (Wildman–Crippen LogP) is 2.71. The van der Waals surface area contributed by atoms with Gasteiger partial charge in [0.25, 0.3) is 0 Å². The minimum absolute atomic E-state index is 0.323. The summed E-state index contributed by atoms with van der Waals surface area (Å²) in [4.78, 5) is 10.8. The van der Waals surface area contributed by atoms with Gasteiger partial charge in [-0.3, -0.25) is 4.79 Å². The highest BCUT2D eigenvalue weighted by molar-refractivity contribution is 5.92. The van der Waals surface area contributed by atoms with Crippen molar-refractivity contribution in [3.05, 3.63) is 11.6 Å². The summed E-state index contributed by atoms with van der Waals surface area (Å²) >= 11 is 0. The zero-order valence-corrected chi connectivity index (χ0v) is 7.39. The molecule has 0 aromatic carbocycles. The molecule has 0 N–H and O–H groups in total. The van der Waals surface area contributed by atoms with Crippen LogP contribution in [0.4, 0.5) is 0 Å². The lowest BCUT2D eigenvalue weighted by atomic mass is 9.99. The van der Waals surface area contributed by atoms with Crippen LogP contribution in [0.2, 0.25) is 0 Å². The van der Waals surface area contributed by atoms with Crippen LogP contribution in [-0.4, -0.2) is 5.78 Å². The van der Waals surface area contributed by atoms with Crippen LogP contribution in [0.5, 0.6) is 0 Å². The third-order valence-corrected chi connectivity index (χ3v) is 2.37. The van der Waals surface area contributed by atoms with Crippen LogP contribution in [-0.2, 0) is 4.79 Å². The van der Waals surface area contributed by atoms with Gasteiger partial charge in [-0.25, -0.2) is 0 Å². The van der Waals surface area contributed by atoms with E-state index in [0.29, 0.717) is 5.78 Å². The van der Waals surface area contributed by atoms with E-state index in [0.717, 1.165) is 25.2 Å². The fraction of sp³-hybridized carbons (Fsp3) is 0.700. The first-order valence-corrected chi connectivity index (χ1v) is 4.44. The van der Waals surface area contributed by atoms with Crippen LogP contribution in [0.25, 0.3) is 0 Å². The monoisotopic (exact) mass is 152 g/mol. The molecule has 0 saturated carbocycles. The minimum Gasteiger partial charge on any atom is -0.295 e. The third kappa shape index (κ3) is 2.49. The number of allylic oxidation sites excluding steroid dienone is 2. The Balaban J connectivity index is 2.38. The number of hydrogen-bond acceptors (Lipinski definition) is 1. The van der Waals surface area contributed by atoms with E-state index in [4.69, 9.17) is 0 Å². The molecule has 0 aromatic rings. The lowest BCUT2D eigenvalue weighted by Crippen LogP contribution is -1.92.